The minimum Gasteiger partial charge on any atom is -0.478 e. The minimum atomic E-state index is -4.17. The van der Waals surface area contributed by atoms with E-state index in [1.54, 1.807) is 36.4 Å². The lowest BCUT2D eigenvalue weighted by atomic mass is 10.1. The first kappa shape index (κ1) is 25.5. The fourth-order valence-corrected chi connectivity index (χ4v) is 6.97. The Bertz CT molecular complexity index is 1480. The van der Waals surface area contributed by atoms with Crippen LogP contribution in [0.2, 0.25) is 0 Å². The highest BCUT2D eigenvalue weighted by Gasteiger charge is 2.43. The molecular formula is C24H23N3O7S2. The summed E-state index contributed by atoms with van der Waals surface area (Å²) < 4.78 is 55.4. The molecule has 2 N–H and O–H groups in total. The Hall–Kier alpha value is -3.58. The van der Waals surface area contributed by atoms with E-state index < -0.39 is 44.5 Å². The summed E-state index contributed by atoms with van der Waals surface area (Å²) in [5, 5.41) is 11.9. The Morgan fingerprint density at radius 1 is 0.750 bits per heavy atom. The number of carbonyl (C=O) groups excluding carboxylic acids is 1. The summed E-state index contributed by atoms with van der Waals surface area (Å²) in [6, 6.07) is 19.4. The molecular weight excluding hydrogens is 506 g/mol. The molecule has 4 rings (SSSR count). The highest BCUT2D eigenvalue weighted by molar-refractivity contribution is 7.89. The van der Waals surface area contributed by atoms with E-state index in [0.717, 1.165) is 8.61 Å². The standard InChI is InChI=1S/C24H23N3O7S2/c28-23(25-21-14-8-7-13-20(21)24(29)30)22-17-26(35(31,32)18-9-3-1-4-10-18)15-16-27(22)36(33,34)19-11-5-2-6-12-19/h1-14,22H,15-17H2,(H,25,28)(H,29,30)/t22-/m0/s1. The number of anilines is 1. The number of para-hydroxylation sites is 1. The highest BCUT2D eigenvalue weighted by atomic mass is 32.2. The molecule has 0 aromatic heterocycles. The van der Waals surface area contributed by atoms with E-state index in [1.807, 2.05) is 0 Å². The number of carbonyl (C=O) groups is 2. The van der Waals surface area contributed by atoms with E-state index in [2.05, 4.69) is 5.32 Å². The predicted octanol–water partition coefficient (Wildman–Crippen LogP) is 2.09. The van der Waals surface area contributed by atoms with Crippen LogP contribution < -0.4 is 5.32 Å². The Morgan fingerprint density at radius 3 is 1.86 bits per heavy atom. The number of amides is 1. The van der Waals surface area contributed by atoms with Crippen molar-refractivity contribution in [1.29, 1.82) is 0 Å². The molecule has 0 unspecified atom stereocenters. The van der Waals surface area contributed by atoms with Gasteiger partial charge in [-0.1, -0.05) is 48.5 Å². The molecule has 1 amide bonds. The van der Waals surface area contributed by atoms with Crippen LogP contribution in [-0.2, 0) is 24.8 Å². The van der Waals surface area contributed by atoms with Crippen molar-refractivity contribution in [2.45, 2.75) is 15.8 Å². The monoisotopic (exact) mass is 529 g/mol. The molecule has 0 bridgehead atoms. The van der Waals surface area contributed by atoms with Gasteiger partial charge in [-0.2, -0.15) is 8.61 Å². The van der Waals surface area contributed by atoms with Crippen LogP contribution >= 0.6 is 0 Å². The molecule has 12 heteroatoms. The molecule has 1 saturated heterocycles. The van der Waals surface area contributed by atoms with Crippen LogP contribution in [0, 0.1) is 0 Å². The third kappa shape index (κ3) is 5.02. The van der Waals surface area contributed by atoms with Crippen molar-refractivity contribution in [2.75, 3.05) is 25.0 Å². The fraction of sp³-hybridized carbons (Fsp3) is 0.167. The van der Waals surface area contributed by atoms with E-state index >= 15 is 0 Å². The highest BCUT2D eigenvalue weighted by Crippen LogP contribution is 2.26. The van der Waals surface area contributed by atoms with Gasteiger partial charge in [0.1, 0.15) is 6.04 Å². The topological polar surface area (TPSA) is 141 Å². The van der Waals surface area contributed by atoms with Crippen LogP contribution in [0.4, 0.5) is 5.69 Å². The second-order valence-corrected chi connectivity index (χ2v) is 11.8. The Labute approximate surface area is 208 Å². The van der Waals surface area contributed by atoms with Gasteiger partial charge >= 0.3 is 5.97 Å². The maximum absolute atomic E-state index is 13.4. The van der Waals surface area contributed by atoms with E-state index in [0.29, 0.717) is 0 Å². The summed E-state index contributed by atoms with van der Waals surface area (Å²) >= 11 is 0. The van der Waals surface area contributed by atoms with Gasteiger partial charge < -0.3 is 10.4 Å². The lowest BCUT2D eigenvalue weighted by Gasteiger charge is -2.39. The Balaban J connectivity index is 1.71. The zero-order valence-corrected chi connectivity index (χ0v) is 20.5. The normalized spacial score (nSPS) is 17.4. The number of nitrogens with zero attached hydrogens (tertiary/aromatic N) is 2. The third-order valence-corrected chi connectivity index (χ3v) is 9.54. The largest absolute Gasteiger partial charge is 0.478 e. The number of aromatic carboxylic acids is 1. The van der Waals surface area contributed by atoms with Crippen molar-refractivity contribution in [3.8, 4) is 0 Å². The van der Waals surface area contributed by atoms with Gasteiger partial charge in [-0.3, -0.25) is 4.79 Å². The van der Waals surface area contributed by atoms with Gasteiger partial charge in [0.25, 0.3) is 0 Å². The number of carboxylic acid groups (broad SMARTS) is 1. The molecule has 1 heterocycles. The third-order valence-electron chi connectivity index (χ3n) is 5.74. The van der Waals surface area contributed by atoms with E-state index in [-0.39, 0.29) is 34.1 Å². The number of hydrogen-bond donors (Lipinski definition) is 2. The first-order valence-corrected chi connectivity index (χ1v) is 13.8. The smallest absolute Gasteiger partial charge is 0.337 e. The van der Waals surface area contributed by atoms with Crippen molar-refractivity contribution < 1.29 is 31.5 Å². The van der Waals surface area contributed by atoms with Crippen molar-refractivity contribution in [3.63, 3.8) is 0 Å². The number of rotatable bonds is 7. The number of benzene rings is 3. The summed E-state index contributed by atoms with van der Waals surface area (Å²) in [5.41, 5.74) is -0.219. The number of piperazine rings is 1. The van der Waals surface area contributed by atoms with Gasteiger partial charge in [0, 0.05) is 19.6 Å². The van der Waals surface area contributed by atoms with Crippen LogP contribution in [0.15, 0.2) is 94.7 Å². The maximum Gasteiger partial charge on any atom is 0.337 e. The molecule has 1 fully saturated rings. The minimum absolute atomic E-state index is 0.0137. The summed E-state index contributed by atoms with van der Waals surface area (Å²) in [4.78, 5) is 25.0. The average Bonchev–Trinajstić information content (AvgIpc) is 2.89. The lowest BCUT2D eigenvalue weighted by Crippen LogP contribution is -2.60. The second-order valence-electron chi connectivity index (χ2n) is 7.96. The van der Waals surface area contributed by atoms with Gasteiger partial charge in [0.05, 0.1) is 21.0 Å². The predicted molar refractivity (Wildman–Crippen MR) is 131 cm³/mol. The lowest BCUT2D eigenvalue weighted by molar-refractivity contribution is -0.120. The summed E-state index contributed by atoms with van der Waals surface area (Å²) in [6.07, 6.45) is 0. The van der Waals surface area contributed by atoms with Gasteiger partial charge in [-0.25, -0.2) is 21.6 Å². The average molecular weight is 530 g/mol. The molecule has 3 aromatic carbocycles. The van der Waals surface area contributed by atoms with Crippen LogP contribution in [0.25, 0.3) is 0 Å². The first-order valence-electron chi connectivity index (χ1n) is 10.9. The molecule has 188 valence electrons. The molecule has 1 aliphatic rings. The van der Waals surface area contributed by atoms with Crippen LogP contribution in [0.5, 0.6) is 0 Å². The summed E-state index contributed by atoms with van der Waals surface area (Å²) in [7, 11) is -8.19. The molecule has 0 saturated carbocycles. The molecule has 0 spiro atoms. The molecule has 3 aromatic rings. The molecule has 1 atom stereocenters. The van der Waals surface area contributed by atoms with Gasteiger partial charge in [0.2, 0.25) is 26.0 Å². The van der Waals surface area contributed by atoms with Crippen molar-refractivity contribution >= 4 is 37.6 Å². The van der Waals surface area contributed by atoms with Gasteiger partial charge in [-0.05, 0) is 36.4 Å². The van der Waals surface area contributed by atoms with E-state index in [4.69, 9.17) is 0 Å². The maximum atomic E-state index is 13.4. The molecule has 0 radical (unpaired) electrons. The SMILES string of the molecule is O=C(O)c1ccccc1NC(=O)[C@@H]1CN(S(=O)(=O)c2ccccc2)CCN1S(=O)(=O)c1ccccc1. The van der Waals surface area contributed by atoms with Crippen molar-refractivity contribution in [3.05, 3.63) is 90.5 Å². The Morgan fingerprint density at radius 2 is 1.28 bits per heavy atom. The molecule has 10 nitrogen and oxygen atoms in total. The van der Waals surface area contributed by atoms with Crippen LogP contribution in [0.3, 0.4) is 0 Å². The van der Waals surface area contributed by atoms with E-state index in [9.17, 15) is 31.5 Å². The number of hydrogen-bond acceptors (Lipinski definition) is 6. The second kappa shape index (κ2) is 10.2. The molecule has 36 heavy (non-hydrogen) atoms. The Kier molecular flexibility index (Phi) is 7.22. The summed E-state index contributed by atoms with van der Waals surface area (Å²) in [5.74, 6) is -2.13. The quantitative estimate of drug-likeness (QED) is 0.477. The zero-order chi connectivity index (χ0) is 25.9. The van der Waals surface area contributed by atoms with Crippen LogP contribution in [-0.4, -0.2) is 68.1 Å². The first-order chi connectivity index (χ1) is 17.1. The van der Waals surface area contributed by atoms with Gasteiger partial charge in [-0.15, -0.1) is 0 Å². The molecule has 1 aliphatic heterocycles. The fourth-order valence-electron chi connectivity index (χ4n) is 3.92. The van der Waals surface area contributed by atoms with E-state index in [1.165, 1.54) is 48.5 Å². The number of carboxylic acids is 1. The number of sulfonamides is 2. The molecule has 0 aliphatic carbocycles. The zero-order valence-electron chi connectivity index (χ0n) is 18.9. The summed E-state index contributed by atoms with van der Waals surface area (Å²) in [6.45, 7) is -0.898. The number of nitrogens with one attached hydrogen (secondary N) is 1. The van der Waals surface area contributed by atoms with Crippen LogP contribution in [0.1, 0.15) is 10.4 Å². The van der Waals surface area contributed by atoms with Gasteiger partial charge in [0.15, 0.2) is 0 Å². The van der Waals surface area contributed by atoms with Crippen molar-refractivity contribution in [1.82, 2.24) is 8.61 Å². The van der Waals surface area contributed by atoms with Crippen molar-refractivity contribution in [2.24, 2.45) is 0 Å².